The minimum atomic E-state index is -0.589. The highest BCUT2D eigenvalue weighted by molar-refractivity contribution is 6.52. The Labute approximate surface area is 175 Å². The van der Waals surface area contributed by atoms with Crippen LogP contribution in [0.3, 0.4) is 0 Å². The summed E-state index contributed by atoms with van der Waals surface area (Å²) in [6, 6.07) is 24.3. The Hall–Kier alpha value is -3.66. The minimum Gasteiger partial charge on any atom is -0.507 e. The molecule has 0 saturated carbocycles. The van der Waals surface area contributed by atoms with E-state index in [0.29, 0.717) is 18.4 Å². The molecule has 0 heterocycles. The van der Waals surface area contributed by atoms with Crippen LogP contribution in [0, 0.1) is 0 Å². The summed E-state index contributed by atoms with van der Waals surface area (Å²) in [7, 11) is 0. The van der Waals surface area contributed by atoms with Crippen molar-refractivity contribution in [1.29, 1.82) is 0 Å². The van der Waals surface area contributed by atoms with E-state index in [1.165, 1.54) is 5.56 Å². The lowest BCUT2D eigenvalue weighted by Crippen LogP contribution is -2.24. The molecule has 0 fully saturated rings. The fourth-order valence-electron chi connectivity index (χ4n) is 3.63. The standard InChI is InChI=1S/C26H22O4/c27-24-21-11-6-7-12-22(21)25(28)26(29)23(24)13-5-4-8-18-14-16-20(17-15-18)30-19-9-2-1-3-10-19/h1-3,6-7,9-12,14-17,27H,4-5,8,13H2. The molecule has 3 aromatic carbocycles. The zero-order chi connectivity index (χ0) is 20.9. The lowest BCUT2D eigenvalue weighted by Gasteiger charge is -2.17. The van der Waals surface area contributed by atoms with Crippen LogP contribution in [-0.2, 0) is 11.2 Å². The number of carbonyl (C=O) groups is 2. The lowest BCUT2D eigenvalue weighted by molar-refractivity contribution is -0.112. The van der Waals surface area contributed by atoms with Gasteiger partial charge in [-0.2, -0.15) is 0 Å². The van der Waals surface area contributed by atoms with Gasteiger partial charge in [-0.05, 0) is 55.5 Å². The molecule has 0 atom stereocenters. The Morgan fingerprint density at radius 2 is 1.23 bits per heavy atom. The van der Waals surface area contributed by atoms with E-state index in [1.54, 1.807) is 24.3 Å². The third-order valence-corrected chi connectivity index (χ3v) is 5.24. The Morgan fingerprint density at radius 3 is 1.97 bits per heavy atom. The monoisotopic (exact) mass is 398 g/mol. The molecule has 4 rings (SSSR count). The van der Waals surface area contributed by atoms with Crippen molar-refractivity contribution >= 4 is 17.3 Å². The first kappa shape index (κ1) is 19.6. The number of benzene rings is 3. The molecule has 0 bridgehead atoms. The van der Waals surface area contributed by atoms with Crippen molar-refractivity contribution in [3.63, 3.8) is 0 Å². The number of hydrogen-bond donors (Lipinski definition) is 1. The first-order valence-electron chi connectivity index (χ1n) is 10.1. The molecule has 0 saturated heterocycles. The van der Waals surface area contributed by atoms with Crippen molar-refractivity contribution in [2.24, 2.45) is 0 Å². The second kappa shape index (κ2) is 8.78. The van der Waals surface area contributed by atoms with Gasteiger partial charge >= 0.3 is 0 Å². The smallest absolute Gasteiger partial charge is 0.234 e. The summed E-state index contributed by atoms with van der Waals surface area (Å²) in [6.07, 6.45) is 2.79. The van der Waals surface area contributed by atoms with Crippen LogP contribution < -0.4 is 4.74 Å². The molecule has 0 unspecified atom stereocenters. The second-order valence-corrected chi connectivity index (χ2v) is 7.30. The number of hydrogen-bond acceptors (Lipinski definition) is 4. The number of aliphatic hydroxyl groups is 1. The largest absolute Gasteiger partial charge is 0.507 e. The van der Waals surface area contributed by atoms with E-state index >= 15 is 0 Å². The highest BCUT2D eigenvalue weighted by Gasteiger charge is 2.31. The van der Waals surface area contributed by atoms with Gasteiger partial charge in [0.15, 0.2) is 0 Å². The number of unbranched alkanes of at least 4 members (excludes halogenated alkanes) is 1. The summed E-state index contributed by atoms with van der Waals surface area (Å²) in [5.41, 5.74) is 2.13. The van der Waals surface area contributed by atoms with Crippen LogP contribution in [0.25, 0.3) is 5.76 Å². The molecule has 1 aliphatic rings. The number of ether oxygens (including phenoxy) is 1. The van der Waals surface area contributed by atoms with Gasteiger partial charge in [-0.15, -0.1) is 0 Å². The third-order valence-electron chi connectivity index (χ3n) is 5.24. The quantitative estimate of drug-likeness (QED) is 0.396. The highest BCUT2D eigenvalue weighted by atomic mass is 16.5. The van der Waals surface area contributed by atoms with Crippen LogP contribution in [0.15, 0.2) is 84.4 Å². The number of aryl methyl sites for hydroxylation is 1. The number of aliphatic hydroxyl groups excluding tert-OH is 1. The van der Waals surface area contributed by atoms with Crippen LogP contribution >= 0.6 is 0 Å². The molecular formula is C26H22O4. The number of para-hydroxylation sites is 1. The Kier molecular flexibility index (Phi) is 5.75. The summed E-state index contributed by atoms with van der Waals surface area (Å²) in [4.78, 5) is 24.7. The van der Waals surface area contributed by atoms with E-state index in [9.17, 15) is 14.7 Å². The normalized spacial score (nSPS) is 13.3. The number of fused-ring (bicyclic) bond motifs is 1. The predicted octanol–water partition coefficient (Wildman–Crippen LogP) is 5.93. The summed E-state index contributed by atoms with van der Waals surface area (Å²) >= 11 is 0. The van der Waals surface area contributed by atoms with E-state index in [4.69, 9.17) is 4.74 Å². The van der Waals surface area contributed by atoms with Gasteiger partial charge in [0.1, 0.15) is 17.3 Å². The van der Waals surface area contributed by atoms with Crippen molar-refractivity contribution in [2.45, 2.75) is 25.7 Å². The maximum Gasteiger partial charge on any atom is 0.234 e. The molecule has 0 aromatic heterocycles. The zero-order valence-electron chi connectivity index (χ0n) is 16.5. The molecule has 1 aliphatic carbocycles. The molecule has 0 aliphatic heterocycles. The number of Topliss-reactive ketones (excluding diaryl/α,β-unsaturated/α-hetero) is 2. The van der Waals surface area contributed by atoms with Crippen LogP contribution in [0.5, 0.6) is 11.5 Å². The summed E-state index contributed by atoms with van der Waals surface area (Å²) in [5, 5.41) is 10.5. The fourth-order valence-corrected chi connectivity index (χ4v) is 3.63. The highest BCUT2D eigenvalue weighted by Crippen LogP contribution is 2.30. The van der Waals surface area contributed by atoms with E-state index in [1.807, 2.05) is 54.6 Å². The summed E-state index contributed by atoms with van der Waals surface area (Å²) in [6.45, 7) is 0. The molecule has 0 amide bonds. The Bertz CT molecular complexity index is 1100. The Balaban J connectivity index is 1.33. The number of allylic oxidation sites excluding steroid dienone is 1. The maximum absolute atomic E-state index is 12.4. The third kappa shape index (κ3) is 4.18. The van der Waals surface area contributed by atoms with Gasteiger partial charge in [0, 0.05) is 16.7 Å². The molecular weight excluding hydrogens is 376 g/mol. The fraction of sp³-hybridized carbons (Fsp3) is 0.154. The molecule has 150 valence electrons. The van der Waals surface area contributed by atoms with Crippen molar-refractivity contribution < 1.29 is 19.4 Å². The van der Waals surface area contributed by atoms with Crippen molar-refractivity contribution in [2.75, 3.05) is 0 Å². The average molecular weight is 398 g/mol. The summed E-state index contributed by atoms with van der Waals surface area (Å²) < 4.78 is 5.80. The first-order chi connectivity index (χ1) is 14.6. The molecule has 0 spiro atoms. The SMILES string of the molecule is O=C1C(=O)c2ccccc2C(O)=C1CCCCc1ccc(Oc2ccccc2)cc1. The van der Waals surface area contributed by atoms with Crippen molar-refractivity contribution in [3.8, 4) is 11.5 Å². The predicted molar refractivity (Wildman–Crippen MR) is 116 cm³/mol. The average Bonchev–Trinajstić information content (AvgIpc) is 2.79. The Morgan fingerprint density at radius 1 is 0.633 bits per heavy atom. The van der Waals surface area contributed by atoms with Gasteiger partial charge in [-0.3, -0.25) is 9.59 Å². The van der Waals surface area contributed by atoms with Gasteiger partial charge < -0.3 is 9.84 Å². The molecule has 3 aromatic rings. The topological polar surface area (TPSA) is 63.6 Å². The number of carbonyl (C=O) groups excluding carboxylic acids is 2. The molecule has 1 N–H and O–H groups in total. The van der Waals surface area contributed by atoms with E-state index < -0.39 is 11.6 Å². The van der Waals surface area contributed by atoms with Crippen molar-refractivity contribution in [1.82, 2.24) is 0 Å². The van der Waals surface area contributed by atoms with Gasteiger partial charge in [0.2, 0.25) is 11.6 Å². The van der Waals surface area contributed by atoms with Crippen LogP contribution in [-0.4, -0.2) is 16.7 Å². The van der Waals surface area contributed by atoms with Crippen molar-refractivity contribution in [3.05, 3.63) is 101 Å². The molecule has 0 radical (unpaired) electrons. The van der Waals surface area contributed by atoms with Gasteiger partial charge in [-0.25, -0.2) is 0 Å². The number of ketones is 2. The first-order valence-corrected chi connectivity index (χ1v) is 10.1. The molecule has 4 heteroatoms. The lowest BCUT2D eigenvalue weighted by atomic mass is 9.86. The number of rotatable bonds is 7. The van der Waals surface area contributed by atoms with E-state index in [2.05, 4.69) is 0 Å². The van der Waals surface area contributed by atoms with Gasteiger partial charge in [0.25, 0.3) is 0 Å². The van der Waals surface area contributed by atoms with Crippen LogP contribution in [0.4, 0.5) is 0 Å². The van der Waals surface area contributed by atoms with Gasteiger partial charge in [-0.1, -0.05) is 54.6 Å². The van der Waals surface area contributed by atoms with Gasteiger partial charge in [0.05, 0.1) is 0 Å². The maximum atomic E-state index is 12.4. The molecule has 30 heavy (non-hydrogen) atoms. The minimum absolute atomic E-state index is 0.0578. The van der Waals surface area contributed by atoms with E-state index in [0.717, 1.165) is 24.3 Å². The summed E-state index contributed by atoms with van der Waals surface area (Å²) in [5.74, 6) is 0.398. The zero-order valence-corrected chi connectivity index (χ0v) is 16.5. The van der Waals surface area contributed by atoms with Crippen LogP contribution in [0.1, 0.15) is 40.7 Å². The molecule has 4 nitrogen and oxygen atoms in total. The van der Waals surface area contributed by atoms with Crippen LogP contribution in [0.2, 0.25) is 0 Å². The van der Waals surface area contributed by atoms with E-state index in [-0.39, 0.29) is 16.9 Å². The second-order valence-electron chi connectivity index (χ2n) is 7.30.